The van der Waals surface area contributed by atoms with Gasteiger partial charge in [0, 0.05) is 32.9 Å². The summed E-state index contributed by atoms with van der Waals surface area (Å²) < 4.78 is 27.3. The molecule has 0 spiro atoms. The smallest absolute Gasteiger partial charge is 0.494 e. The number of furan rings is 1. The Kier molecular flexibility index (Phi) is 6.20. The van der Waals surface area contributed by atoms with Gasteiger partial charge in [0.05, 0.1) is 12.9 Å². The molecule has 0 aliphatic carbocycles. The first-order valence-corrected chi connectivity index (χ1v) is 9.08. The van der Waals surface area contributed by atoms with Crippen LogP contribution in [0.25, 0.3) is 11.3 Å². The van der Waals surface area contributed by atoms with Crippen LogP contribution in [0, 0.1) is 0 Å². The second-order valence-electron chi connectivity index (χ2n) is 4.75. The van der Waals surface area contributed by atoms with Crippen molar-refractivity contribution >= 4 is 8.80 Å². The molecule has 0 N–H and O–H groups in total. The molecule has 0 fully saturated rings. The third-order valence-electron chi connectivity index (χ3n) is 3.47. The van der Waals surface area contributed by atoms with Crippen molar-refractivity contribution in [2.24, 2.45) is 0 Å². The highest BCUT2D eigenvalue weighted by Gasteiger charge is 2.36. The third kappa shape index (κ3) is 4.20. The van der Waals surface area contributed by atoms with Gasteiger partial charge in [-0.1, -0.05) is 12.1 Å². The fourth-order valence-corrected chi connectivity index (χ4v) is 3.91. The molecular weight excluding hydrogens is 300 g/mol. The molecule has 5 nitrogen and oxygen atoms in total. The fourth-order valence-electron chi connectivity index (χ4n) is 2.22. The minimum atomic E-state index is -2.51. The molecule has 0 aliphatic rings. The number of benzene rings is 1. The minimum Gasteiger partial charge on any atom is -0.494 e. The van der Waals surface area contributed by atoms with Gasteiger partial charge in [0.15, 0.2) is 0 Å². The van der Waals surface area contributed by atoms with Crippen LogP contribution in [0.5, 0.6) is 5.75 Å². The summed E-state index contributed by atoms with van der Waals surface area (Å²) in [4.78, 5) is 0. The Morgan fingerprint density at radius 1 is 1.00 bits per heavy atom. The van der Waals surface area contributed by atoms with Crippen LogP contribution >= 0.6 is 0 Å². The Morgan fingerprint density at radius 3 is 2.41 bits per heavy atom. The molecule has 0 saturated carbocycles. The van der Waals surface area contributed by atoms with Gasteiger partial charge in [-0.25, -0.2) is 0 Å². The quantitative estimate of drug-likeness (QED) is 0.521. The van der Waals surface area contributed by atoms with E-state index in [0.29, 0.717) is 12.7 Å². The maximum atomic E-state index is 5.79. The van der Waals surface area contributed by atoms with Crippen LogP contribution in [0.1, 0.15) is 6.42 Å². The lowest BCUT2D eigenvalue weighted by molar-refractivity contribution is 0.121. The van der Waals surface area contributed by atoms with E-state index in [0.717, 1.165) is 23.5 Å². The van der Waals surface area contributed by atoms with Crippen molar-refractivity contribution in [1.82, 2.24) is 0 Å². The Labute approximate surface area is 132 Å². The fraction of sp³-hybridized carbons (Fsp3) is 0.375. The van der Waals surface area contributed by atoms with Crippen molar-refractivity contribution in [3.8, 4) is 17.1 Å². The summed E-state index contributed by atoms with van der Waals surface area (Å²) in [5.41, 5.74) is 0.997. The van der Waals surface area contributed by atoms with E-state index in [4.69, 9.17) is 22.4 Å². The Morgan fingerprint density at radius 2 is 1.77 bits per heavy atom. The zero-order valence-electron chi connectivity index (χ0n) is 13.2. The molecule has 22 heavy (non-hydrogen) atoms. The van der Waals surface area contributed by atoms with Gasteiger partial charge in [-0.05, 0) is 30.7 Å². The third-order valence-corrected chi connectivity index (χ3v) is 6.30. The number of rotatable bonds is 9. The molecule has 6 heteroatoms. The lowest BCUT2D eigenvalue weighted by Gasteiger charge is -2.24. The van der Waals surface area contributed by atoms with Gasteiger partial charge in [-0.2, -0.15) is 0 Å². The van der Waals surface area contributed by atoms with Gasteiger partial charge in [0.25, 0.3) is 0 Å². The molecule has 0 atom stereocenters. The molecular formula is C16H22O5Si. The van der Waals surface area contributed by atoms with Gasteiger partial charge < -0.3 is 22.4 Å². The molecule has 0 radical (unpaired) electrons. The minimum absolute atomic E-state index is 0.576. The zero-order chi connectivity index (χ0) is 15.8. The Hall–Kier alpha value is -1.60. The highest BCUT2D eigenvalue weighted by atomic mass is 28.4. The molecule has 1 aromatic heterocycles. The first-order valence-electron chi connectivity index (χ1n) is 7.15. The molecule has 0 amide bonds. The lowest BCUT2D eigenvalue weighted by atomic mass is 10.1. The summed E-state index contributed by atoms with van der Waals surface area (Å²) in [6.07, 6.45) is 2.46. The van der Waals surface area contributed by atoms with Gasteiger partial charge in [0.1, 0.15) is 11.5 Å². The van der Waals surface area contributed by atoms with Crippen molar-refractivity contribution in [1.29, 1.82) is 0 Å². The van der Waals surface area contributed by atoms with Crippen LogP contribution in [-0.2, 0) is 13.3 Å². The zero-order valence-corrected chi connectivity index (χ0v) is 14.2. The molecule has 0 bridgehead atoms. The van der Waals surface area contributed by atoms with Gasteiger partial charge in [-0.3, -0.25) is 0 Å². The molecule has 1 heterocycles. The molecule has 1 aromatic carbocycles. The highest BCUT2D eigenvalue weighted by Crippen LogP contribution is 2.24. The first kappa shape index (κ1) is 16.8. The normalized spacial score (nSPS) is 11.6. The number of hydrogen-bond donors (Lipinski definition) is 0. The maximum absolute atomic E-state index is 5.79. The molecule has 2 aromatic rings. The molecule has 2 rings (SSSR count). The summed E-state index contributed by atoms with van der Waals surface area (Å²) in [6.45, 7) is 0.576. The van der Waals surface area contributed by atoms with E-state index in [9.17, 15) is 0 Å². The standard InChI is InChI=1S/C16H22O5Si/c1-17-22(18-2,19-3)12-6-11-20-15-8-4-7-14(13-15)16-9-5-10-21-16/h4-5,7-10,13H,6,11-12H2,1-3H3. The SMILES string of the molecule is CO[Si](CCCOc1cccc(-c2ccco2)c1)(OC)OC. The van der Waals surface area contributed by atoms with Gasteiger partial charge in [-0.15, -0.1) is 0 Å². The second-order valence-corrected chi connectivity index (χ2v) is 7.84. The average Bonchev–Trinajstić information content (AvgIpc) is 3.11. The predicted molar refractivity (Wildman–Crippen MR) is 85.8 cm³/mol. The number of ether oxygens (including phenoxy) is 1. The summed E-state index contributed by atoms with van der Waals surface area (Å²) in [7, 11) is 2.35. The van der Waals surface area contributed by atoms with Gasteiger partial charge >= 0.3 is 8.80 Å². The summed E-state index contributed by atoms with van der Waals surface area (Å²) in [5, 5.41) is 0. The Balaban J connectivity index is 1.86. The molecule has 0 unspecified atom stereocenters. The van der Waals surface area contributed by atoms with E-state index in [2.05, 4.69) is 0 Å². The summed E-state index contributed by atoms with van der Waals surface area (Å²) in [5.74, 6) is 1.64. The Bertz CT molecular complexity index is 543. The maximum Gasteiger partial charge on any atom is 0.500 e. The van der Waals surface area contributed by atoms with Crippen LogP contribution in [0.15, 0.2) is 47.1 Å². The van der Waals surface area contributed by atoms with Crippen LogP contribution in [0.2, 0.25) is 6.04 Å². The lowest BCUT2D eigenvalue weighted by Crippen LogP contribution is -2.42. The molecule has 120 valence electrons. The highest BCUT2D eigenvalue weighted by molar-refractivity contribution is 6.60. The van der Waals surface area contributed by atoms with Crippen LogP contribution in [0.4, 0.5) is 0 Å². The van der Waals surface area contributed by atoms with E-state index in [1.165, 1.54) is 0 Å². The van der Waals surface area contributed by atoms with E-state index < -0.39 is 8.80 Å². The topological polar surface area (TPSA) is 50.1 Å². The van der Waals surface area contributed by atoms with Crippen LogP contribution < -0.4 is 4.74 Å². The second kappa shape index (κ2) is 8.14. The van der Waals surface area contributed by atoms with Crippen molar-refractivity contribution < 1.29 is 22.4 Å². The van der Waals surface area contributed by atoms with E-state index >= 15 is 0 Å². The van der Waals surface area contributed by atoms with Crippen molar-refractivity contribution in [2.75, 3.05) is 27.9 Å². The molecule has 0 saturated heterocycles. The first-order chi connectivity index (χ1) is 10.7. The van der Waals surface area contributed by atoms with E-state index in [-0.39, 0.29) is 0 Å². The van der Waals surface area contributed by atoms with E-state index in [1.807, 2.05) is 36.4 Å². The molecule has 0 aliphatic heterocycles. The van der Waals surface area contributed by atoms with Crippen LogP contribution in [0.3, 0.4) is 0 Å². The predicted octanol–water partition coefficient (Wildman–Crippen LogP) is 3.59. The average molecular weight is 322 g/mol. The summed E-state index contributed by atoms with van der Waals surface area (Å²) in [6, 6.07) is 12.3. The van der Waals surface area contributed by atoms with Crippen molar-refractivity contribution in [2.45, 2.75) is 12.5 Å². The van der Waals surface area contributed by atoms with Crippen molar-refractivity contribution in [3.05, 3.63) is 42.7 Å². The summed E-state index contributed by atoms with van der Waals surface area (Å²) >= 11 is 0. The monoisotopic (exact) mass is 322 g/mol. The van der Waals surface area contributed by atoms with Crippen LogP contribution in [-0.4, -0.2) is 36.7 Å². The van der Waals surface area contributed by atoms with Crippen molar-refractivity contribution in [3.63, 3.8) is 0 Å². The van der Waals surface area contributed by atoms with E-state index in [1.54, 1.807) is 27.6 Å². The number of hydrogen-bond acceptors (Lipinski definition) is 5. The van der Waals surface area contributed by atoms with Gasteiger partial charge in [0.2, 0.25) is 0 Å². The largest absolute Gasteiger partial charge is 0.500 e.